The number of fused-ring (bicyclic) bond motifs is 1. The van der Waals surface area contributed by atoms with Gasteiger partial charge in [-0.3, -0.25) is 9.79 Å². The summed E-state index contributed by atoms with van der Waals surface area (Å²) < 4.78 is 6.23. The molecule has 0 fully saturated rings. The minimum Gasteiger partial charge on any atom is -0.495 e. The Hall–Kier alpha value is -3.64. The molecule has 69 heavy (non-hydrogen) atoms. The standard InChI is InChI=1S/C57H92N6O4S2/c1-16-21-25-40(18-3)35-68-29-23-27-58-54(65)61-46-33-48(60-37(6)7)44(56(11,12)20-5)31-42(46)50-52(64)51(53(50)67-15)43-32-45-49(63(38(8)9)39(10)57(45,13)14)34-47(43)62-55(66)59-28-24-30-69-36-41(19-4)26-22-17-2/h31-34,37-41H,16-30,35-36H2,1-15H3,(H2,58,61,65)(H2,59,62,66)/b50-42-,60-48?. The number of Topliss-reactive ketones (excluding diaryl/α,β-unsaturated/α-hetero) is 1. The lowest BCUT2D eigenvalue weighted by Gasteiger charge is -2.34. The van der Waals surface area contributed by atoms with Gasteiger partial charge in [-0.2, -0.15) is 23.5 Å². The summed E-state index contributed by atoms with van der Waals surface area (Å²) in [6, 6.07) is 3.89. The van der Waals surface area contributed by atoms with Crippen molar-refractivity contribution in [2.24, 2.45) is 22.2 Å². The van der Waals surface area contributed by atoms with Crippen molar-refractivity contribution in [2.45, 2.75) is 191 Å². The summed E-state index contributed by atoms with van der Waals surface area (Å²) in [6.07, 6.45) is 16.5. The van der Waals surface area contributed by atoms with Gasteiger partial charge in [0, 0.05) is 53.5 Å². The van der Waals surface area contributed by atoms with Gasteiger partial charge < -0.3 is 30.9 Å². The number of carbonyl (C=O) groups excluding carboxylic acids is 3. The molecule has 0 aromatic heterocycles. The predicted molar refractivity (Wildman–Crippen MR) is 299 cm³/mol. The molecule has 3 aliphatic rings. The van der Waals surface area contributed by atoms with Crippen molar-refractivity contribution in [3.63, 3.8) is 0 Å². The van der Waals surface area contributed by atoms with Crippen LogP contribution in [0.25, 0.3) is 5.57 Å². The number of hydrogen-bond acceptors (Lipinski definition) is 8. The number of anilines is 2. The smallest absolute Gasteiger partial charge is 0.319 e. The maximum atomic E-state index is 15.1. The molecule has 4 amide bonds. The van der Waals surface area contributed by atoms with Gasteiger partial charge in [-0.15, -0.1) is 0 Å². The topological polar surface area (TPSA) is 124 Å². The summed E-state index contributed by atoms with van der Waals surface area (Å²) >= 11 is 3.95. The fourth-order valence-electron chi connectivity index (χ4n) is 9.62. The van der Waals surface area contributed by atoms with E-state index in [9.17, 15) is 9.59 Å². The van der Waals surface area contributed by atoms with Crippen molar-refractivity contribution in [3.05, 3.63) is 63.6 Å². The second-order valence-corrected chi connectivity index (χ2v) is 23.6. The van der Waals surface area contributed by atoms with Gasteiger partial charge in [0.15, 0.2) is 0 Å². The molecule has 1 aromatic carbocycles. The summed E-state index contributed by atoms with van der Waals surface area (Å²) in [5.41, 5.74) is 6.45. The number of carbonyl (C=O) groups is 3. The molecule has 0 spiro atoms. The highest BCUT2D eigenvalue weighted by molar-refractivity contribution is 7.99. The van der Waals surface area contributed by atoms with Gasteiger partial charge in [0.05, 0.1) is 35.4 Å². The van der Waals surface area contributed by atoms with E-state index in [1.165, 1.54) is 51.4 Å². The number of ether oxygens (including phenoxy) is 1. The maximum Gasteiger partial charge on any atom is 0.319 e. The highest BCUT2D eigenvalue weighted by Crippen LogP contribution is 2.52. The minimum atomic E-state index is -0.331. The highest BCUT2D eigenvalue weighted by atomic mass is 32.2. The number of rotatable bonds is 28. The lowest BCUT2D eigenvalue weighted by Crippen LogP contribution is -2.42. The number of amides is 4. The molecule has 0 saturated carbocycles. The number of thioether (sulfide) groups is 2. The van der Waals surface area contributed by atoms with E-state index in [0.29, 0.717) is 52.5 Å². The Morgan fingerprint density at radius 2 is 1.39 bits per heavy atom. The Morgan fingerprint density at radius 3 is 1.88 bits per heavy atom. The zero-order valence-electron chi connectivity index (χ0n) is 45.6. The Balaban J connectivity index is 1.73. The number of hydrogen-bond donors (Lipinski definition) is 4. The summed E-state index contributed by atoms with van der Waals surface area (Å²) in [5, 5.41) is 12.5. The van der Waals surface area contributed by atoms with Crippen molar-refractivity contribution >= 4 is 64.0 Å². The maximum absolute atomic E-state index is 15.1. The molecule has 1 aliphatic heterocycles. The average Bonchev–Trinajstić information content (AvgIpc) is 3.49. The molecule has 4 rings (SSSR count). The van der Waals surface area contributed by atoms with Crippen molar-refractivity contribution in [2.75, 3.05) is 53.4 Å². The molecule has 1 aromatic rings. The molecule has 1 heterocycles. The number of nitrogens with one attached hydrogen (secondary N) is 4. The summed E-state index contributed by atoms with van der Waals surface area (Å²) in [6.45, 7) is 31.9. The predicted octanol–water partition coefficient (Wildman–Crippen LogP) is 14.0. The molecule has 10 nitrogen and oxygen atoms in total. The first kappa shape index (κ1) is 57.9. The van der Waals surface area contributed by atoms with Gasteiger partial charge >= 0.3 is 12.1 Å². The lowest BCUT2D eigenvalue weighted by atomic mass is 9.72. The van der Waals surface area contributed by atoms with Crippen LogP contribution in [0.15, 0.2) is 57.5 Å². The average molecular weight is 990 g/mol. The molecule has 0 bridgehead atoms. The fraction of sp³-hybridized carbons (Fsp3) is 0.684. The van der Waals surface area contributed by atoms with Crippen molar-refractivity contribution in [1.82, 2.24) is 16.0 Å². The third-order valence-electron chi connectivity index (χ3n) is 14.7. The number of aliphatic imine (C=N–C) groups is 1. The Kier molecular flexibility index (Phi) is 22.9. The second-order valence-electron chi connectivity index (χ2n) is 21.3. The number of nitrogens with zero attached hydrogens (tertiary/aromatic N) is 2. The molecular weight excluding hydrogens is 897 g/mol. The number of methoxy groups -OCH3 is 1. The van der Waals surface area contributed by atoms with Crippen LogP contribution in [0.3, 0.4) is 0 Å². The SMILES string of the molecule is CCCCC(CC)CSCCCNC(=O)NC1=CC(=NC(C)C)C(C(C)(C)CC)=C/C1=C1\C(=O)C(c2cc3c(cc2NC(=O)NCCCSCC(CC)CCCC)N(C(C)C)C(C)C3(C)C)=C1OC. The lowest BCUT2D eigenvalue weighted by molar-refractivity contribution is -0.111. The summed E-state index contributed by atoms with van der Waals surface area (Å²) in [7, 11) is 1.59. The van der Waals surface area contributed by atoms with Crippen LogP contribution in [-0.4, -0.2) is 84.9 Å². The molecule has 0 saturated heterocycles. The number of benzene rings is 1. The number of ketones is 1. The van der Waals surface area contributed by atoms with Crippen molar-refractivity contribution < 1.29 is 19.1 Å². The van der Waals surface area contributed by atoms with E-state index < -0.39 is 0 Å². The first-order valence-corrected chi connectivity index (χ1v) is 28.9. The number of urea groups is 2. The third kappa shape index (κ3) is 15.0. The van der Waals surface area contributed by atoms with Crippen molar-refractivity contribution in [1.29, 1.82) is 0 Å². The zero-order chi connectivity index (χ0) is 51.1. The highest BCUT2D eigenvalue weighted by Gasteiger charge is 2.46. The Bertz CT molecular complexity index is 2080. The van der Waals surface area contributed by atoms with E-state index in [-0.39, 0.29) is 46.8 Å². The van der Waals surface area contributed by atoms with Crippen LogP contribution in [-0.2, 0) is 14.9 Å². The minimum absolute atomic E-state index is 0.00372. The van der Waals surface area contributed by atoms with E-state index >= 15 is 4.79 Å². The van der Waals surface area contributed by atoms with Crippen LogP contribution in [0, 0.1) is 17.3 Å². The molecular formula is C57H92N6O4S2. The molecule has 0 radical (unpaired) electrons. The quantitative estimate of drug-likeness (QED) is 0.0487. The van der Waals surface area contributed by atoms with Crippen LogP contribution < -0.4 is 26.2 Å². The van der Waals surface area contributed by atoms with Gasteiger partial charge in [0.25, 0.3) is 0 Å². The van der Waals surface area contributed by atoms with E-state index in [0.717, 1.165) is 76.6 Å². The zero-order valence-corrected chi connectivity index (χ0v) is 47.2. The van der Waals surface area contributed by atoms with Gasteiger partial charge in [0.2, 0.25) is 5.78 Å². The largest absolute Gasteiger partial charge is 0.495 e. The summed E-state index contributed by atoms with van der Waals surface area (Å²) in [4.78, 5) is 50.1. The van der Waals surface area contributed by atoms with Crippen LogP contribution in [0.1, 0.15) is 179 Å². The fourth-order valence-corrected chi connectivity index (χ4v) is 12.1. The molecule has 4 N–H and O–H groups in total. The van der Waals surface area contributed by atoms with Crippen LogP contribution >= 0.6 is 23.5 Å². The van der Waals surface area contributed by atoms with E-state index in [2.05, 4.69) is 115 Å². The van der Waals surface area contributed by atoms with E-state index in [1.807, 2.05) is 55.6 Å². The van der Waals surface area contributed by atoms with Gasteiger partial charge in [0.1, 0.15) is 5.76 Å². The second kappa shape index (κ2) is 27.3. The van der Waals surface area contributed by atoms with E-state index in [4.69, 9.17) is 9.73 Å². The van der Waals surface area contributed by atoms with Gasteiger partial charge in [-0.1, -0.05) is 101 Å². The van der Waals surface area contributed by atoms with Crippen LogP contribution in [0.2, 0.25) is 0 Å². The molecule has 3 unspecified atom stereocenters. The third-order valence-corrected chi connectivity index (χ3v) is 17.3. The Morgan fingerprint density at radius 1 is 0.826 bits per heavy atom. The van der Waals surface area contributed by atoms with Crippen LogP contribution in [0.5, 0.6) is 0 Å². The molecule has 12 heteroatoms. The van der Waals surface area contributed by atoms with Gasteiger partial charge in [-0.05, 0) is 142 Å². The first-order valence-electron chi connectivity index (χ1n) is 26.6. The monoisotopic (exact) mass is 989 g/mol. The Labute approximate surface area is 427 Å². The van der Waals surface area contributed by atoms with E-state index in [1.54, 1.807) is 7.11 Å². The molecule has 2 aliphatic carbocycles. The van der Waals surface area contributed by atoms with Gasteiger partial charge in [-0.25, -0.2) is 9.59 Å². The number of unbranched alkanes of at least 4 members (excludes halogenated alkanes) is 2. The normalized spacial score (nSPS) is 19.4. The van der Waals surface area contributed by atoms with Crippen LogP contribution in [0.4, 0.5) is 21.0 Å². The molecule has 386 valence electrons. The number of allylic oxidation sites excluding steroid dienone is 5. The first-order chi connectivity index (χ1) is 32.8. The molecule has 3 atom stereocenters. The van der Waals surface area contributed by atoms with Crippen molar-refractivity contribution in [3.8, 4) is 0 Å². The summed E-state index contributed by atoms with van der Waals surface area (Å²) in [5.74, 6) is 5.98.